The molecule has 2 heterocycles. The molecule has 3 amide bonds. The Morgan fingerprint density at radius 3 is 2.36 bits per heavy atom. The second-order valence-electron chi connectivity index (χ2n) is 12.9. The number of carbonyl (C=O) groups is 3. The van der Waals surface area contributed by atoms with Gasteiger partial charge in [-0.15, -0.1) is 0 Å². The fraction of sp³-hybridized carbons (Fsp3) is 0.317. The molecule has 0 saturated carbocycles. The molecule has 0 aliphatic carbocycles. The van der Waals surface area contributed by atoms with Crippen LogP contribution in [0.4, 0.5) is 5.69 Å². The summed E-state index contributed by atoms with van der Waals surface area (Å²) in [6.45, 7) is 8.33. The fourth-order valence-corrected chi connectivity index (χ4v) is 6.47. The average Bonchev–Trinajstić information content (AvgIpc) is 3.54. The minimum absolute atomic E-state index is 0.107. The Labute approximate surface area is 293 Å². The van der Waals surface area contributed by atoms with E-state index in [2.05, 4.69) is 31.3 Å². The number of benzene rings is 4. The Morgan fingerprint density at radius 2 is 1.58 bits per heavy atom. The molecule has 0 fully saturated rings. The first-order chi connectivity index (χ1) is 24.4. The van der Waals surface area contributed by atoms with Gasteiger partial charge in [0.2, 0.25) is 0 Å². The lowest BCUT2D eigenvalue weighted by Gasteiger charge is -2.29. The number of nitrogens with one attached hydrogen (secondary N) is 1. The number of fused-ring (bicyclic) bond motifs is 2. The van der Waals surface area contributed by atoms with E-state index < -0.39 is 0 Å². The van der Waals surface area contributed by atoms with Crippen LogP contribution in [0.2, 0.25) is 0 Å². The summed E-state index contributed by atoms with van der Waals surface area (Å²) < 4.78 is 7.60. The van der Waals surface area contributed by atoms with Crippen LogP contribution in [0, 0.1) is 6.92 Å². The van der Waals surface area contributed by atoms with Gasteiger partial charge in [-0.2, -0.15) is 5.10 Å². The summed E-state index contributed by atoms with van der Waals surface area (Å²) in [6, 6.07) is 28.8. The van der Waals surface area contributed by atoms with Gasteiger partial charge in [-0.1, -0.05) is 87.4 Å². The zero-order valence-corrected chi connectivity index (χ0v) is 29.2. The van der Waals surface area contributed by atoms with Crippen LogP contribution in [-0.2, 0) is 17.8 Å². The number of unbranched alkanes of at least 4 members (excludes halogenated alkanes) is 2. The topological polar surface area (TPSA) is 96.8 Å². The Hall–Kier alpha value is -5.44. The zero-order chi connectivity index (χ0) is 35.0. The molecular weight excluding hydrogens is 626 g/mol. The molecule has 50 heavy (non-hydrogen) atoms. The third-order valence-corrected chi connectivity index (χ3v) is 9.22. The molecule has 0 radical (unpaired) electrons. The standard InChI is InChI=1S/C41H45N5O4/c1-4-6-22-44(23-7-5-2)41(49)36-25-29(3)46(43-36)37-20-19-33(26-35(37)40(48)45-24-21-30-13-8-9-15-32(30)27-45)42-39(47)28-50-38-18-12-16-31-14-10-11-17-34(31)38/h8-20,25-26H,4-7,21-24,27-28H2,1-3H3,(H,42,47). The summed E-state index contributed by atoms with van der Waals surface area (Å²) in [5.41, 5.74) is 4.84. The van der Waals surface area contributed by atoms with E-state index >= 15 is 0 Å². The quantitative estimate of drug-likeness (QED) is 0.139. The Balaban J connectivity index is 1.28. The SMILES string of the molecule is CCCCN(CCCC)C(=O)c1cc(C)n(-c2ccc(NC(=O)COc3cccc4ccccc34)cc2C(=O)N2CCc3ccccc3C2)n1. The minimum atomic E-state index is -0.349. The largest absolute Gasteiger partial charge is 0.483 e. The smallest absolute Gasteiger partial charge is 0.274 e. The number of amides is 3. The molecule has 0 bridgehead atoms. The van der Waals surface area contributed by atoms with Crippen LogP contribution in [-0.4, -0.2) is 63.5 Å². The Kier molecular flexibility index (Phi) is 10.9. The highest BCUT2D eigenvalue weighted by atomic mass is 16.5. The van der Waals surface area contributed by atoms with Gasteiger partial charge in [-0.05, 0) is 73.0 Å². The second kappa shape index (κ2) is 15.8. The number of nitrogens with zero attached hydrogens (tertiary/aromatic N) is 4. The van der Waals surface area contributed by atoms with Crippen LogP contribution in [0.25, 0.3) is 16.5 Å². The summed E-state index contributed by atoms with van der Waals surface area (Å²) in [5.74, 6) is -0.00654. The van der Waals surface area contributed by atoms with Gasteiger partial charge in [0, 0.05) is 42.9 Å². The van der Waals surface area contributed by atoms with Gasteiger partial charge in [0.05, 0.1) is 11.3 Å². The van der Waals surface area contributed by atoms with Crippen molar-refractivity contribution >= 4 is 34.2 Å². The summed E-state index contributed by atoms with van der Waals surface area (Å²) >= 11 is 0. The summed E-state index contributed by atoms with van der Waals surface area (Å²) in [6.07, 6.45) is 4.59. The first-order valence-corrected chi connectivity index (χ1v) is 17.6. The molecule has 0 saturated heterocycles. The molecule has 1 aliphatic rings. The predicted molar refractivity (Wildman–Crippen MR) is 197 cm³/mol. The number of hydrogen-bond acceptors (Lipinski definition) is 5. The van der Waals surface area contributed by atoms with E-state index in [1.165, 1.54) is 5.56 Å². The second-order valence-corrected chi connectivity index (χ2v) is 12.9. The molecule has 6 rings (SSSR count). The number of aryl methyl sites for hydroxylation is 1. The van der Waals surface area contributed by atoms with Gasteiger partial charge in [-0.3, -0.25) is 14.4 Å². The lowest BCUT2D eigenvalue weighted by atomic mass is 9.99. The number of rotatable bonds is 13. The molecule has 9 nitrogen and oxygen atoms in total. The molecule has 9 heteroatoms. The number of anilines is 1. The lowest BCUT2D eigenvalue weighted by Crippen LogP contribution is -2.36. The molecular formula is C41H45N5O4. The highest BCUT2D eigenvalue weighted by molar-refractivity contribution is 6.01. The van der Waals surface area contributed by atoms with Crippen molar-refractivity contribution in [2.24, 2.45) is 0 Å². The van der Waals surface area contributed by atoms with E-state index in [-0.39, 0.29) is 24.3 Å². The van der Waals surface area contributed by atoms with E-state index in [9.17, 15) is 14.4 Å². The monoisotopic (exact) mass is 671 g/mol. The van der Waals surface area contributed by atoms with Crippen molar-refractivity contribution < 1.29 is 19.1 Å². The molecule has 0 spiro atoms. The maximum atomic E-state index is 14.3. The summed E-state index contributed by atoms with van der Waals surface area (Å²) in [4.78, 5) is 44.9. The van der Waals surface area contributed by atoms with Crippen LogP contribution >= 0.6 is 0 Å². The van der Waals surface area contributed by atoms with E-state index in [4.69, 9.17) is 9.84 Å². The molecule has 1 aromatic heterocycles. The van der Waals surface area contributed by atoms with E-state index in [1.807, 2.05) is 71.3 Å². The van der Waals surface area contributed by atoms with Crippen molar-refractivity contribution in [3.63, 3.8) is 0 Å². The minimum Gasteiger partial charge on any atom is -0.483 e. The van der Waals surface area contributed by atoms with Crippen LogP contribution in [0.3, 0.4) is 0 Å². The number of aromatic nitrogens is 2. The molecule has 1 N–H and O–H groups in total. The van der Waals surface area contributed by atoms with Crippen LogP contribution in [0.1, 0.15) is 77.2 Å². The van der Waals surface area contributed by atoms with Gasteiger partial charge in [-0.25, -0.2) is 4.68 Å². The average molecular weight is 672 g/mol. The summed E-state index contributed by atoms with van der Waals surface area (Å²) in [5, 5.41) is 9.64. The van der Waals surface area contributed by atoms with Crippen LogP contribution < -0.4 is 10.1 Å². The molecule has 1 aliphatic heterocycles. The van der Waals surface area contributed by atoms with Gasteiger partial charge in [0.25, 0.3) is 17.7 Å². The van der Waals surface area contributed by atoms with E-state index in [0.717, 1.165) is 54.1 Å². The molecule has 4 aromatic carbocycles. The first-order valence-electron chi connectivity index (χ1n) is 17.6. The third-order valence-electron chi connectivity index (χ3n) is 9.22. The van der Waals surface area contributed by atoms with Gasteiger partial charge >= 0.3 is 0 Å². The van der Waals surface area contributed by atoms with Crippen molar-refractivity contribution in [2.45, 2.75) is 59.4 Å². The zero-order valence-electron chi connectivity index (χ0n) is 29.2. The molecule has 5 aromatic rings. The van der Waals surface area contributed by atoms with Crippen molar-refractivity contribution in [3.05, 3.63) is 119 Å². The van der Waals surface area contributed by atoms with E-state index in [0.29, 0.717) is 54.6 Å². The predicted octanol–water partition coefficient (Wildman–Crippen LogP) is 7.59. The fourth-order valence-electron chi connectivity index (χ4n) is 6.47. The number of carbonyl (C=O) groups excluding carboxylic acids is 3. The molecule has 258 valence electrons. The maximum absolute atomic E-state index is 14.3. The lowest BCUT2D eigenvalue weighted by molar-refractivity contribution is -0.118. The maximum Gasteiger partial charge on any atom is 0.274 e. The van der Waals surface area contributed by atoms with Crippen molar-refractivity contribution in [2.75, 3.05) is 31.6 Å². The van der Waals surface area contributed by atoms with Crippen LogP contribution in [0.15, 0.2) is 91.0 Å². The van der Waals surface area contributed by atoms with Crippen molar-refractivity contribution in [3.8, 4) is 11.4 Å². The third kappa shape index (κ3) is 7.72. The Bertz CT molecular complexity index is 1990. The van der Waals surface area contributed by atoms with E-state index in [1.54, 1.807) is 28.9 Å². The molecule has 0 unspecified atom stereocenters. The van der Waals surface area contributed by atoms with Gasteiger partial charge in [0.15, 0.2) is 12.3 Å². The van der Waals surface area contributed by atoms with Gasteiger partial charge < -0.3 is 19.9 Å². The highest BCUT2D eigenvalue weighted by Crippen LogP contribution is 2.28. The summed E-state index contributed by atoms with van der Waals surface area (Å²) in [7, 11) is 0. The Morgan fingerprint density at radius 1 is 0.860 bits per heavy atom. The van der Waals surface area contributed by atoms with Gasteiger partial charge in [0.1, 0.15) is 5.75 Å². The molecule has 0 atom stereocenters. The van der Waals surface area contributed by atoms with Crippen molar-refractivity contribution in [1.29, 1.82) is 0 Å². The normalized spacial score (nSPS) is 12.4. The highest BCUT2D eigenvalue weighted by Gasteiger charge is 2.27. The number of hydrogen-bond donors (Lipinski definition) is 1. The van der Waals surface area contributed by atoms with Crippen LogP contribution in [0.5, 0.6) is 5.75 Å². The van der Waals surface area contributed by atoms with Crippen molar-refractivity contribution in [1.82, 2.24) is 19.6 Å². The first kappa shape index (κ1) is 34.4. The number of ether oxygens (including phenoxy) is 1.